The summed E-state index contributed by atoms with van der Waals surface area (Å²) in [5, 5.41) is 3.33. The summed E-state index contributed by atoms with van der Waals surface area (Å²) in [6.07, 6.45) is 4.38. The first-order valence-electron chi connectivity index (χ1n) is 6.77. The lowest BCUT2D eigenvalue weighted by molar-refractivity contribution is 0.322. The van der Waals surface area contributed by atoms with Gasteiger partial charge in [0.15, 0.2) is 11.5 Å². The molecule has 0 saturated heterocycles. The third-order valence-corrected chi connectivity index (χ3v) is 3.20. The molecule has 0 amide bonds. The standard InChI is InChI=1S/C15H21N3O3/c1-19-12-5-4-11(14(20-2)15(12)21-3)6-7-16-10-13-17-8-9-18-13/h4-5,8-9,16H,6-7,10H2,1-3H3,(H,17,18). The number of nitrogens with one attached hydrogen (secondary N) is 2. The molecule has 0 aliphatic carbocycles. The second-order valence-corrected chi connectivity index (χ2v) is 4.46. The molecule has 1 aromatic heterocycles. The lowest BCUT2D eigenvalue weighted by Crippen LogP contribution is -2.17. The molecule has 1 aromatic carbocycles. The first kappa shape index (κ1) is 15.2. The van der Waals surface area contributed by atoms with E-state index in [1.54, 1.807) is 27.5 Å². The van der Waals surface area contributed by atoms with Gasteiger partial charge in [-0.3, -0.25) is 0 Å². The Hall–Kier alpha value is -2.21. The van der Waals surface area contributed by atoms with Crippen molar-refractivity contribution in [3.05, 3.63) is 35.9 Å². The van der Waals surface area contributed by atoms with E-state index in [0.29, 0.717) is 18.0 Å². The highest BCUT2D eigenvalue weighted by molar-refractivity contribution is 5.55. The molecule has 21 heavy (non-hydrogen) atoms. The fraction of sp³-hybridized carbons (Fsp3) is 0.400. The van der Waals surface area contributed by atoms with Gasteiger partial charge < -0.3 is 24.5 Å². The van der Waals surface area contributed by atoms with Crippen LogP contribution in [0.15, 0.2) is 24.5 Å². The third kappa shape index (κ3) is 3.66. The molecule has 0 spiro atoms. The van der Waals surface area contributed by atoms with Gasteiger partial charge in [-0.25, -0.2) is 4.98 Å². The van der Waals surface area contributed by atoms with Crippen molar-refractivity contribution < 1.29 is 14.2 Å². The molecule has 2 rings (SSSR count). The van der Waals surface area contributed by atoms with Crippen LogP contribution in [0.5, 0.6) is 17.2 Å². The Morgan fingerprint density at radius 3 is 2.52 bits per heavy atom. The van der Waals surface area contributed by atoms with E-state index in [1.807, 2.05) is 18.3 Å². The Morgan fingerprint density at radius 1 is 1.10 bits per heavy atom. The number of H-pyrrole nitrogens is 1. The maximum atomic E-state index is 5.46. The van der Waals surface area contributed by atoms with Gasteiger partial charge in [-0.05, 0) is 24.6 Å². The van der Waals surface area contributed by atoms with E-state index in [2.05, 4.69) is 15.3 Å². The average molecular weight is 291 g/mol. The summed E-state index contributed by atoms with van der Waals surface area (Å²) in [7, 11) is 4.86. The molecule has 0 unspecified atom stereocenters. The minimum Gasteiger partial charge on any atom is -0.493 e. The molecule has 2 aromatic rings. The van der Waals surface area contributed by atoms with Gasteiger partial charge in [0.25, 0.3) is 0 Å². The maximum Gasteiger partial charge on any atom is 0.203 e. The zero-order valence-electron chi connectivity index (χ0n) is 12.6. The first-order chi connectivity index (χ1) is 10.3. The number of benzene rings is 1. The molecule has 0 aliphatic rings. The molecule has 0 fully saturated rings. The lowest BCUT2D eigenvalue weighted by Gasteiger charge is -2.15. The van der Waals surface area contributed by atoms with Crippen LogP contribution in [-0.2, 0) is 13.0 Å². The number of imidazole rings is 1. The van der Waals surface area contributed by atoms with Crippen LogP contribution in [0.25, 0.3) is 0 Å². The van der Waals surface area contributed by atoms with Crippen molar-refractivity contribution in [3.63, 3.8) is 0 Å². The summed E-state index contributed by atoms with van der Waals surface area (Å²) in [6, 6.07) is 3.89. The smallest absolute Gasteiger partial charge is 0.203 e. The van der Waals surface area contributed by atoms with Crippen LogP contribution in [0, 0.1) is 0 Å². The minimum atomic E-state index is 0.628. The average Bonchev–Trinajstić information content (AvgIpc) is 3.03. The van der Waals surface area contributed by atoms with E-state index in [9.17, 15) is 0 Å². The zero-order chi connectivity index (χ0) is 15.1. The molecule has 114 valence electrons. The van der Waals surface area contributed by atoms with E-state index in [4.69, 9.17) is 14.2 Å². The van der Waals surface area contributed by atoms with Gasteiger partial charge in [-0.1, -0.05) is 6.07 Å². The second kappa shape index (κ2) is 7.54. The topological polar surface area (TPSA) is 68.4 Å². The normalized spacial score (nSPS) is 10.4. The molecule has 0 saturated carbocycles. The number of ether oxygens (including phenoxy) is 3. The van der Waals surface area contributed by atoms with Crippen molar-refractivity contribution in [2.24, 2.45) is 0 Å². The van der Waals surface area contributed by atoms with E-state index >= 15 is 0 Å². The number of aromatic nitrogens is 2. The van der Waals surface area contributed by atoms with E-state index in [0.717, 1.165) is 30.1 Å². The lowest BCUT2D eigenvalue weighted by atomic mass is 10.1. The predicted octanol–water partition coefficient (Wildman–Crippen LogP) is 1.77. The molecule has 2 N–H and O–H groups in total. The summed E-state index contributed by atoms with van der Waals surface area (Å²) in [6.45, 7) is 1.52. The van der Waals surface area contributed by atoms with Gasteiger partial charge in [0, 0.05) is 12.4 Å². The molecule has 0 bridgehead atoms. The molecule has 0 radical (unpaired) electrons. The number of rotatable bonds is 8. The third-order valence-electron chi connectivity index (χ3n) is 3.20. The molecule has 1 heterocycles. The van der Waals surface area contributed by atoms with Crippen LogP contribution in [0.4, 0.5) is 0 Å². The predicted molar refractivity (Wildman–Crippen MR) is 80.1 cm³/mol. The molecule has 0 aliphatic heterocycles. The van der Waals surface area contributed by atoms with E-state index in [-0.39, 0.29) is 0 Å². The number of nitrogens with zero attached hydrogens (tertiary/aromatic N) is 1. The fourth-order valence-corrected chi connectivity index (χ4v) is 2.18. The monoisotopic (exact) mass is 291 g/mol. The van der Waals surface area contributed by atoms with Gasteiger partial charge in [0.2, 0.25) is 5.75 Å². The zero-order valence-corrected chi connectivity index (χ0v) is 12.6. The highest BCUT2D eigenvalue weighted by atomic mass is 16.5. The van der Waals surface area contributed by atoms with Crippen molar-refractivity contribution >= 4 is 0 Å². The highest BCUT2D eigenvalue weighted by Gasteiger charge is 2.15. The van der Waals surface area contributed by atoms with Crippen LogP contribution in [0.2, 0.25) is 0 Å². The van der Waals surface area contributed by atoms with Gasteiger partial charge in [-0.2, -0.15) is 0 Å². The van der Waals surface area contributed by atoms with Crippen LogP contribution < -0.4 is 19.5 Å². The van der Waals surface area contributed by atoms with Crippen LogP contribution in [0.1, 0.15) is 11.4 Å². The van der Waals surface area contributed by atoms with E-state index in [1.165, 1.54) is 0 Å². The summed E-state index contributed by atoms with van der Waals surface area (Å²) in [4.78, 5) is 7.22. The summed E-state index contributed by atoms with van der Waals surface area (Å²) >= 11 is 0. The number of hydrogen-bond acceptors (Lipinski definition) is 5. The second-order valence-electron chi connectivity index (χ2n) is 4.46. The van der Waals surface area contributed by atoms with Crippen LogP contribution >= 0.6 is 0 Å². The molecule has 6 nitrogen and oxygen atoms in total. The highest BCUT2D eigenvalue weighted by Crippen LogP contribution is 2.39. The van der Waals surface area contributed by atoms with Crippen molar-refractivity contribution in [1.82, 2.24) is 15.3 Å². The first-order valence-corrected chi connectivity index (χ1v) is 6.77. The minimum absolute atomic E-state index is 0.628. The Labute approximate surface area is 124 Å². The van der Waals surface area contributed by atoms with Gasteiger partial charge >= 0.3 is 0 Å². The largest absolute Gasteiger partial charge is 0.493 e. The molecular formula is C15H21N3O3. The van der Waals surface area contributed by atoms with Crippen molar-refractivity contribution in [2.75, 3.05) is 27.9 Å². The quantitative estimate of drug-likeness (QED) is 0.725. The number of aromatic amines is 1. The maximum absolute atomic E-state index is 5.46. The van der Waals surface area contributed by atoms with Crippen molar-refractivity contribution in [2.45, 2.75) is 13.0 Å². The Morgan fingerprint density at radius 2 is 1.90 bits per heavy atom. The molecule has 6 heteroatoms. The number of hydrogen-bond donors (Lipinski definition) is 2. The van der Waals surface area contributed by atoms with Crippen LogP contribution in [0.3, 0.4) is 0 Å². The summed E-state index contributed by atoms with van der Waals surface area (Å²) in [5.74, 6) is 2.94. The SMILES string of the molecule is COc1ccc(CCNCc2ncc[nH]2)c(OC)c1OC. The van der Waals surface area contributed by atoms with Crippen molar-refractivity contribution in [3.8, 4) is 17.2 Å². The number of methoxy groups -OCH3 is 3. The van der Waals surface area contributed by atoms with Gasteiger partial charge in [0.05, 0.1) is 27.9 Å². The van der Waals surface area contributed by atoms with E-state index < -0.39 is 0 Å². The fourth-order valence-electron chi connectivity index (χ4n) is 2.18. The summed E-state index contributed by atoms with van der Waals surface area (Å²) < 4.78 is 16.1. The molecular weight excluding hydrogens is 270 g/mol. The van der Waals surface area contributed by atoms with Crippen LogP contribution in [-0.4, -0.2) is 37.8 Å². The Bertz CT molecular complexity index is 556. The Balaban J connectivity index is 1.99. The Kier molecular flexibility index (Phi) is 5.45. The van der Waals surface area contributed by atoms with Crippen molar-refractivity contribution in [1.29, 1.82) is 0 Å². The van der Waals surface area contributed by atoms with Gasteiger partial charge in [0.1, 0.15) is 5.82 Å². The summed E-state index contributed by atoms with van der Waals surface area (Å²) in [5.41, 5.74) is 1.07. The van der Waals surface area contributed by atoms with Gasteiger partial charge in [-0.15, -0.1) is 0 Å². The molecule has 0 atom stereocenters.